The van der Waals surface area contributed by atoms with Gasteiger partial charge in [-0.1, -0.05) is 17.7 Å². The molecule has 1 atom stereocenters. The fourth-order valence-electron chi connectivity index (χ4n) is 1.95. The summed E-state index contributed by atoms with van der Waals surface area (Å²) in [7, 11) is 0. The number of rotatable bonds is 1. The topological polar surface area (TPSA) is 23.5 Å². The average Bonchev–Trinajstić information content (AvgIpc) is 2.20. The van der Waals surface area contributed by atoms with E-state index < -0.39 is 0 Å². The van der Waals surface area contributed by atoms with Crippen molar-refractivity contribution in [1.29, 1.82) is 0 Å². The van der Waals surface area contributed by atoms with E-state index in [2.05, 4.69) is 36.1 Å². The number of aryl methyl sites for hydroxylation is 1. The predicted molar refractivity (Wildman–Crippen MR) is 58.4 cm³/mol. The number of piperidine rings is 1. The Morgan fingerprint density at radius 1 is 1.21 bits per heavy atom. The quantitative estimate of drug-likeness (QED) is 0.736. The molecule has 1 N–H and O–H groups in total. The molecule has 0 amide bonds. The Labute approximate surface area is 85.2 Å². The second-order valence-electron chi connectivity index (χ2n) is 4.01. The molecule has 1 aliphatic rings. The largest absolute Gasteiger partial charge is 0.374 e. The van der Waals surface area contributed by atoms with Crippen LogP contribution in [0.15, 0.2) is 24.3 Å². The van der Waals surface area contributed by atoms with E-state index in [4.69, 9.17) is 0 Å². The van der Waals surface area contributed by atoms with Crippen molar-refractivity contribution in [3.8, 4) is 0 Å². The lowest BCUT2D eigenvalue weighted by atomic mass is 10.1. The average molecular weight is 191 g/mol. The molecular weight excluding hydrogens is 174 g/mol. The number of hydrogen-bond donors (Lipinski definition) is 1. The van der Waals surface area contributed by atoms with Crippen molar-refractivity contribution in [2.75, 3.05) is 11.4 Å². The molecule has 0 saturated carbocycles. The molecule has 0 spiro atoms. The van der Waals surface area contributed by atoms with Crippen LogP contribution in [0.1, 0.15) is 24.8 Å². The van der Waals surface area contributed by atoms with Crippen LogP contribution < -0.4 is 4.90 Å². The van der Waals surface area contributed by atoms with Crippen LogP contribution in [-0.4, -0.2) is 17.9 Å². The first-order chi connectivity index (χ1) is 6.77. The molecule has 1 aliphatic heterocycles. The highest BCUT2D eigenvalue weighted by molar-refractivity contribution is 5.48. The third kappa shape index (κ3) is 1.90. The van der Waals surface area contributed by atoms with Crippen LogP contribution in [0, 0.1) is 6.92 Å². The lowest BCUT2D eigenvalue weighted by Gasteiger charge is -2.34. The third-order valence-corrected chi connectivity index (χ3v) is 2.84. The van der Waals surface area contributed by atoms with Gasteiger partial charge in [0.2, 0.25) is 0 Å². The van der Waals surface area contributed by atoms with Gasteiger partial charge in [0.05, 0.1) is 0 Å². The molecule has 0 radical (unpaired) electrons. The Hall–Kier alpha value is -1.02. The van der Waals surface area contributed by atoms with Gasteiger partial charge in [0.25, 0.3) is 0 Å². The Kier molecular flexibility index (Phi) is 2.73. The normalized spacial score (nSPS) is 22.4. The summed E-state index contributed by atoms with van der Waals surface area (Å²) in [6, 6.07) is 8.36. The maximum Gasteiger partial charge on any atom is 0.126 e. The van der Waals surface area contributed by atoms with Crippen molar-refractivity contribution < 1.29 is 5.11 Å². The third-order valence-electron chi connectivity index (χ3n) is 2.84. The molecule has 0 aliphatic carbocycles. The van der Waals surface area contributed by atoms with E-state index in [1.54, 1.807) is 0 Å². The first kappa shape index (κ1) is 9.53. The van der Waals surface area contributed by atoms with Crippen molar-refractivity contribution in [1.82, 2.24) is 0 Å². The van der Waals surface area contributed by atoms with Crippen molar-refractivity contribution in [2.24, 2.45) is 0 Å². The van der Waals surface area contributed by atoms with Crippen LogP contribution in [0.25, 0.3) is 0 Å². The molecule has 1 saturated heterocycles. The molecule has 76 valence electrons. The second kappa shape index (κ2) is 4.01. The van der Waals surface area contributed by atoms with Gasteiger partial charge in [0, 0.05) is 12.2 Å². The van der Waals surface area contributed by atoms with E-state index in [0.717, 1.165) is 25.1 Å². The number of benzene rings is 1. The van der Waals surface area contributed by atoms with Gasteiger partial charge in [0.1, 0.15) is 6.23 Å². The molecule has 1 unspecified atom stereocenters. The highest BCUT2D eigenvalue weighted by Crippen LogP contribution is 2.23. The number of anilines is 1. The van der Waals surface area contributed by atoms with E-state index in [0.29, 0.717) is 0 Å². The van der Waals surface area contributed by atoms with Crippen LogP contribution in [-0.2, 0) is 0 Å². The highest BCUT2D eigenvalue weighted by atomic mass is 16.3. The van der Waals surface area contributed by atoms with E-state index in [1.807, 2.05) is 0 Å². The minimum Gasteiger partial charge on any atom is -0.374 e. The predicted octanol–water partition coefficient (Wildman–Crippen LogP) is 2.30. The van der Waals surface area contributed by atoms with Gasteiger partial charge in [-0.3, -0.25) is 0 Å². The lowest BCUT2D eigenvalue weighted by Crippen LogP contribution is -2.39. The molecule has 0 aromatic heterocycles. The summed E-state index contributed by atoms with van der Waals surface area (Å²) in [4.78, 5) is 2.09. The number of hydrogen-bond acceptors (Lipinski definition) is 2. The number of aliphatic hydroxyl groups excluding tert-OH is 1. The van der Waals surface area contributed by atoms with Crippen molar-refractivity contribution in [3.63, 3.8) is 0 Å². The standard InChI is InChI=1S/C12H17NO/c1-10-5-7-11(8-6-10)13-9-3-2-4-12(13)14/h5-8,12,14H,2-4,9H2,1H3. The molecule has 1 aromatic rings. The molecule has 1 aromatic carbocycles. The number of nitrogens with zero attached hydrogens (tertiary/aromatic N) is 1. The summed E-state index contributed by atoms with van der Waals surface area (Å²) in [6.45, 7) is 3.06. The summed E-state index contributed by atoms with van der Waals surface area (Å²) in [5, 5.41) is 9.82. The summed E-state index contributed by atoms with van der Waals surface area (Å²) in [5.74, 6) is 0. The zero-order valence-corrected chi connectivity index (χ0v) is 8.61. The Morgan fingerprint density at radius 3 is 2.57 bits per heavy atom. The van der Waals surface area contributed by atoms with Gasteiger partial charge < -0.3 is 10.0 Å². The van der Waals surface area contributed by atoms with Crippen molar-refractivity contribution in [3.05, 3.63) is 29.8 Å². The van der Waals surface area contributed by atoms with E-state index in [1.165, 1.54) is 12.0 Å². The lowest BCUT2D eigenvalue weighted by molar-refractivity contribution is 0.140. The second-order valence-corrected chi connectivity index (χ2v) is 4.01. The molecule has 1 fully saturated rings. The molecule has 1 heterocycles. The van der Waals surface area contributed by atoms with Crippen molar-refractivity contribution in [2.45, 2.75) is 32.4 Å². The maximum atomic E-state index is 9.82. The summed E-state index contributed by atoms with van der Waals surface area (Å²) in [5.41, 5.74) is 2.41. The zero-order valence-electron chi connectivity index (χ0n) is 8.61. The van der Waals surface area contributed by atoms with Crippen LogP contribution in [0.5, 0.6) is 0 Å². The fraction of sp³-hybridized carbons (Fsp3) is 0.500. The van der Waals surface area contributed by atoms with Gasteiger partial charge in [-0.2, -0.15) is 0 Å². The first-order valence-electron chi connectivity index (χ1n) is 5.29. The SMILES string of the molecule is Cc1ccc(N2CCCCC2O)cc1. The minimum absolute atomic E-state index is 0.286. The molecular formula is C12H17NO. The molecule has 2 nitrogen and oxygen atoms in total. The zero-order chi connectivity index (χ0) is 9.97. The highest BCUT2D eigenvalue weighted by Gasteiger charge is 2.19. The maximum absolute atomic E-state index is 9.82. The summed E-state index contributed by atoms with van der Waals surface area (Å²) in [6.07, 6.45) is 2.94. The van der Waals surface area contributed by atoms with Crippen LogP contribution in [0.4, 0.5) is 5.69 Å². The Balaban J connectivity index is 2.16. The summed E-state index contributed by atoms with van der Waals surface area (Å²) < 4.78 is 0. The van der Waals surface area contributed by atoms with E-state index in [9.17, 15) is 5.11 Å². The summed E-state index contributed by atoms with van der Waals surface area (Å²) >= 11 is 0. The van der Waals surface area contributed by atoms with Crippen LogP contribution in [0.2, 0.25) is 0 Å². The Bertz CT molecular complexity index is 294. The van der Waals surface area contributed by atoms with Gasteiger partial charge >= 0.3 is 0 Å². The van der Waals surface area contributed by atoms with Gasteiger partial charge in [0.15, 0.2) is 0 Å². The Morgan fingerprint density at radius 2 is 1.93 bits per heavy atom. The fourth-order valence-corrected chi connectivity index (χ4v) is 1.95. The van der Waals surface area contributed by atoms with Gasteiger partial charge in [-0.25, -0.2) is 0 Å². The first-order valence-corrected chi connectivity index (χ1v) is 5.29. The number of aliphatic hydroxyl groups is 1. The van der Waals surface area contributed by atoms with E-state index >= 15 is 0 Å². The molecule has 14 heavy (non-hydrogen) atoms. The monoisotopic (exact) mass is 191 g/mol. The van der Waals surface area contributed by atoms with Gasteiger partial charge in [-0.05, 0) is 38.3 Å². The smallest absolute Gasteiger partial charge is 0.126 e. The van der Waals surface area contributed by atoms with Crippen molar-refractivity contribution >= 4 is 5.69 Å². The van der Waals surface area contributed by atoms with E-state index in [-0.39, 0.29) is 6.23 Å². The molecule has 2 rings (SSSR count). The van der Waals surface area contributed by atoms with Crippen LogP contribution >= 0.6 is 0 Å². The minimum atomic E-state index is -0.286. The van der Waals surface area contributed by atoms with Gasteiger partial charge in [-0.15, -0.1) is 0 Å². The molecule has 0 bridgehead atoms. The van der Waals surface area contributed by atoms with Crippen LogP contribution in [0.3, 0.4) is 0 Å². The molecule has 2 heteroatoms.